The number of fused-ring (bicyclic) bond motifs is 6. The Morgan fingerprint density at radius 3 is 1.86 bits per heavy atom. The van der Waals surface area contributed by atoms with E-state index in [4.69, 9.17) is 0 Å². The zero-order chi connectivity index (χ0) is 39.3. The van der Waals surface area contributed by atoms with Crippen LogP contribution in [0.5, 0.6) is 0 Å². The van der Waals surface area contributed by atoms with Crippen LogP contribution in [0.15, 0.2) is 212 Å². The summed E-state index contributed by atoms with van der Waals surface area (Å²) in [5.41, 5.74) is 19.9. The van der Waals surface area contributed by atoms with Crippen LogP contribution in [0, 0.1) is 0 Å². The highest BCUT2D eigenvalue weighted by atomic mass is 15.2. The highest BCUT2D eigenvalue weighted by Crippen LogP contribution is 2.57. The molecule has 280 valence electrons. The summed E-state index contributed by atoms with van der Waals surface area (Å²) in [6.45, 7) is 6.83. The van der Waals surface area contributed by atoms with E-state index < -0.39 is 5.41 Å². The van der Waals surface area contributed by atoms with Crippen molar-refractivity contribution in [1.82, 2.24) is 0 Å². The second-order valence-corrected chi connectivity index (χ2v) is 16.3. The minimum atomic E-state index is -0.435. The molecule has 0 fully saturated rings. The quantitative estimate of drug-likeness (QED) is 0.140. The topological polar surface area (TPSA) is 3.24 Å². The molecule has 1 heteroatoms. The van der Waals surface area contributed by atoms with E-state index in [1.165, 1.54) is 83.7 Å². The molecule has 0 bridgehead atoms. The van der Waals surface area contributed by atoms with Crippen LogP contribution in [0.3, 0.4) is 0 Å². The van der Waals surface area contributed by atoms with Gasteiger partial charge in [0.25, 0.3) is 0 Å². The van der Waals surface area contributed by atoms with Gasteiger partial charge in [0.05, 0.1) is 5.41 Å². The third-order valence-corrected chi connectivity index (χ3v) is 12.7. The number of hydrogen-bond acceptors (Lipinski definition) is 1. The summed E-state index contributed by atoms with van der Waals surface area (Å²) in [4.78, 5) is 2.52. The van der Waals surface area contributed by atoms with E-state index in [1.54, 1.807) is 0 Å². The second-order valence-electron chi connectivity index (χ2n) is 16.3. The molecule has 1 unspecified atom stereocenters. The minimum Gasteiger partial charge on any atom is -0.310 e. The van der Waals surface area contributed by atoms with Gasteiger partial charge in [-0.1, -0.05) is 196 Å². The molecule has 58 heavy (non-hydrogen) atoms. The molecule has 1 atom stereocenters. The number of allylic oxidation sites excluding steroid dienone is 7. The second kappa shape index (κ2) is 14.4. The molecule has 7 aromatic rings. The molecular formula is C57H47N. The normalized spacial score (nSPS) is 17.4. The first kappa shape index (κ1) is 35.7. The third kappa shape index (κ3) is 5.60. The van der Waals surface area contributed by atoms with Gasteiger partial charge in [-0.25, -0.2) is 0 Å². The molecule has 0 saturated heterocycles. The van der Waals surface area contributed by atoms with Crippen molar-refractivity contribution in [3.63, 3.8) is 0 Å². The van der Waals surface area contributed by atoms with Gasteiger partial charge in [0, 0.05) is 28.1 Å². The average Bonchev–Trinajstić information content (AvgIpc) is 3.70. The highest BCUT2D eigenvalue weighted by Gasteiger charge is 2.44. The lowest BCUT2D eigenvalue weighted by Crippen LogP contribution is -2.24. The molecule has 3 aliphatic rings. The van der Waals surface area contributed by atoms with Crippen molar-refractivity contribution < 1.29 is 0 Å². The van der Waals surface area contributed by atoms with Crippen LogP contribution in [-0.2, 0) is 10.8 Å². The molecule has 1 nitrogen and oxygen atoms in total. The number of rotatable bonds is 8. The summed E-state index contributed by atoms with van der Waals surface area (Å²) in [6.07, 6.45) is 15.8. The van der Waals surface area contributed by atoms with Crippen molar-refractivity contribution in [2.24, 2.45) is 0 Å². The van der Waals surface area contributed by atoms with E-state index in [1.807, 2.05) is 0 Å². The van der Waals surface area contributed by atoms with Crippen molar-refractivity contribution in [3.8, 4) is 33.4 Å². The lowest BCUT2D eigenvalue weighted by atomic mass is 9.72. The van der Waals surface area contributed by atoms with Crippen LogP contribution in [-0.4, -0.2) is 0 Å². The molecule has 10 rings (SSSR count). The van der Waals surface area contributed by atoms with Crippen LogP contribution < -0.4 is 4.90 Å². The fourth-order valence-electron chi connectivity index (χ4n) is 10.00. The zero-order valence-electron chi connectivity index (χ0n) is 33.5. The van der Waals surface area contributed by atoms with Crippen LogP contribution in [0.2, 0.25) is 0 Å². The van der Waals surface area contributed by atoms with Gasteiger partial charge < -0.3 is 4.90 Å². The lowest BCUT2D eigenvalue weighted by Gasteiger charge is -2.33. The summed E-state index contributed by atoms with van der Waals surface area (Å²) in [5.74, 6) is 0. The predicted molar refractivity (Wildman–Crippen MR) is 245 cm³/mol. The van der Waals surface area contributed by atoms with Crippen molar-refractivity contribution in [3.05, 3.63) is 245 Å². The summed E-state index contributed by atoms with van der Waals surface area (Å²) in [6, 6.07) is 63.1. The summed E-state index contributed by atoms with van der Waals surface area (Å²) in [7, 11) is 0. The summed E-state index contributed by atoms with van der Waals surface area (Å²) in [5, 5.41) is 0. The molecular weight excluding hydrogens is 699 g/mol. The molecule has 0 spiro atoms. The Kier molecular flexibility index (Phi) is 8.83. The Morgan fingerprint density at radius 1 is 0.483 bits per heavy atom. The van der Waals surface area contributed by atoms with Crippen LogP contribution >= 0.6 is 0 Å². The maximum Gasteiger partial charge on any atom is 0.0647 e. The van der Waals surface area contributed by atoms with Crippen LogP contribution in [0.4, 0.5) is 11.4 Å². The standard InChI is InChI=1S/C57H47N/c1-4-5-18-38-57(42-22-10-7-11-23-42)51-29-16-13-26-49(51)55-48(27-19-30-52(55)57)47-25-14-17-31-54(47)58(43-34-32-41(33-35-43)40-20-8-6-9-21-40)44-36-37-46-45-24-12-15-28-50(45)56(2,3)53(46)39-44/h4-13,15-16,18-39H,14,17H2,1-3H3/b5-4-,38-18-. The van der Waals surface area contributed by atoms with Crippen molar-refractivity contribution in [2.45, 2.75) is 44.4 Å². The first-order chi connectivity index (χ1) is 28.5. The first-order valence-electron chi connectivity index (χ1n) is 20.7. The van der Waals surface area contributed by atoms with E-state index in [2.05, 4.69) is 232 Å². The van der Waals surface area contributed by atoms with Crippen molar-refractivity contribution >= 4 is 16.9 Å². The maximum atomic E-state index is 2.52. The van der Waals surface area contributed by atoms with Crippen LogP contribution in [0.25, 0.3) is 39.0 Å². The third-order valence-electron chi connectivity index (χ3n) is 12.7. The molecule has 0 aliphatic heterocycles. The van der Waals surface area contributed by atoms with Gasteiger partial charge in [-0.15, -0.1) is 0 Å². The Balaban J connectivity index is 1.17. The van der Waals surface area contributed by atoms with E-state index in [-0.39, 0.29) is 5.41 Å². The molecule has 0 saturated carbocycles. The van der Waals surface area contributed by atoms with Gasteiger partial charge in [0.2, 0.25) is 0 Å². The molecule has 0 heterocycles. The smallest absolute Gasteiger partial charge is 0.0647 e. The first-order valence-corrected chi connectivity index (χ1v) is 20.7. The number of hydrogen-bond donors (Lipinski definition) is 0. The number of benzene rings is 7. The van der Waals surface area contributed by atoms with Gasteiger partial charge in [0.1, 0.15) is 0 Å². The maximum absolute atomic E-state index is 2.52. The SMILES string of the molecule is C/C=C\C=C/C1(c2ccccc2)c2ccccc2-c2c(C3=CCCC=C3N(c3ccc(-c4ccccc4)cc3)c3ccc4c(c3)C(C)(C)c3ccccc3-4)cccc21. The number of anilines is 2. The van der Waals surface area contributed by atoms with Gasteiger partial charge in [-0.2, -0.15) is 0 Å². The lowest BCUT2D eigenvalue weighted by molar-refractivity contribution is 0.660. The summed E-state index contributed by atoms with van der Waals surface area (Å²) < 4.78 is 0. The molecule has 3 aliphatic carbocycles. The minimum absolute atomic E-state index is 0.115. The fourth-order valence-corrected chi connectivity index (χ4v) is 10.00. The largest absolute Gasteiger partial charge is 0.310 e. The van der Waals surface area contributed by atoms with E-state index in [9.17, 15) is 0 Å². The predicted octanol–water partition coefficient (Wildman–Crippen LogP) is 15.0. The Labute approximate surface area is 343 Å². The Bertz CT molecular complexity index is 2800. The van der Waals surface area contributed by atoms with Crippen molar-refractivity contribution in [2.75, 3.05) is 4.90 Å². The van der Waals surface area contributed by atoms with E-state index >= 15 is 0 Å². The Morgan fingerprint density at radius 2 is 1.09 bits per heavy atom. The van der Waals surface area contributed by atoms with Gasteiger partial charge in [-0.3, -0.25) is 0 Å². The molecule has 7 aromatic carbocycles. The molecule has 0 N–H and O–H groups in total. The Hall–Kier alpha value is -6.70. The summed E-state index contributed by atoms with van der Waals surface area (Å²) >= 11 is 0. The van der Waals surface area contributed by atoms with Gasteiger partial charge >= 0.3 is 0 Å². The molecule has 0 radical (unpaired) electrons. The monoisotopic (exact) mass is 745 g/mol. The van der Waals surface area contributed by atoms with Gasteiger partial charge in [-0.05, 0) is 111 Å². The van der Waals surface area contributed by atoms with E-state index in [0.717, 1.165) is 18.5 Å². The highest BCUT2D eigenvalue weighted by molar-refractivity contribution is 5.99. The molecule has 0 aromatic heterocycles. The average molecular weight is 746 g/mol. The van der Waals surface area contributed by atoms with Crippen LogP contribution in [0.1, 0.15) is 67.0 Å². The van der Waals surface area contributed by atoms with Crippen molar-refractivity contribution in [1.29, 1.82) is 0 Å². The number of nitrogens with zero attached hydrogens (tertiary/aromatic N) is 1. The fraction of sp³-hybridized carbons (Fsp3) is 0.123. The zero-order valence-corrected chi connectivity index (χ0v) is 33.5. The van der Waals surface area contributed by atoms with E-state index in [0.29, 0.717) is 0 Å². The van der Waals surface area contributed by atoms with Gasteiger partial charge in [0.15, 0.2) is 0 Å². The molecule has 0 amide bonds.